The number of likely N-dealkylation sites (N-methyl/N-ethyl adjacent to an activating group) is 1. The summed E-state index contributed by atoms with van der Waals surface area (Å²) in [6, 6.07) is 1.45. The summed E-state index contributed by atoms with van der Waals surface area (Å²) in [5, 5.41) is 4.14. The summed E-state index contributed by atoms with van der Waals surface area (Å²) in [5.41, 5.74) is 0.522. The van der Waals surface area contributed by atoms with Gasteiger partial charge in [0.05, 0.1) is 6.54 Å². The number of carbonyl (C=O) groups is 2. The zero-order valence-electron chi connectivity index (χ0n) is 11.7. The molecule has 6 nitrogen and oxygen atoms in total. The molecule has 0 aliphatic carbocycles. The number of amides is 2. The van der Waals surface area contributed by atoms with Crippen LogP contribution >= 0.6 is 0 Å². The maximum absolute atomic E-state index is 13.1. The van der Waals surface area contributed by atoms with Gasteiger partial charge in [0.15, 0.2) is 5.69 Å². The number of aromatic nitrogens is 2. The molecule has 0 atom stereocenters. The molecular formula is C13H16F2N4O2. The fraction of sp³-hybridized carbons (Fsp3) is 0.615. The van der Waals surface area contributed by atoms with Crippen LogP contribution in [0.25, 0.3) is 0 Å². The molecule has 1 saturated heterocycles. The molecule has 114 valence electrons. The topological polar surface area (TPSA) is 58.4 Å². The van der Waals surface area contributed by atoms with E-state index in [1.54, 1.807) is 11.9 Å². The molecule has 0 saturated carbocycles. The Morgan fingerprint density at radius 2 is 1.90 bits per heavy atom. The average molecular weight is 298 g/mol. The van der Waals surface area contributed by atoms with Crippen molar-refractivity contribution in [3.63, 3.8) is 0 Å². The monoisotopic (exact) mass is 298 g/mol. The first-order valence-electron chi connectivity index (χ1n) is 6.88. The van der Waals surface area contributed by atoms with Crippen LogP contribution in [0, 0.1) is 0 Å². The highest BCUT2D eigenvalue weighted by atomic mass is 19.3. The first kappa shape index (κ1) is 14.0. The fourth-order valence-corrected chi connectivity index (χ4v) is 2.60. The quantitative estimate of drug-likeness (QED) is 0.772. The Morgan fingerprint density at radius 3 is 2.57 bits per heavy atom. The molecule has 0 N–H and O–H groups in total. The van der Waals surface area contributed by atoms with E-state index >= 15 is 0 Å². The molecule has 1 aromatic heterocycles. The van der Waals surface area contributed by atoms with E-state index in [-0.39, 0.29) is 43.4 Å². The summed E-state index contributed by atoms with van der Waals surface area (Å²) in [4.78, 5) is 27.2. The van der Waals surface area contributed by atoms with Crippen molar-refractivity contribution in [3.05, 3.63) is 17.5 Å². The molecule has 0 aromatic carbocycles. The third kappa shape index (κ3) is 2.50. The maximum Gasteiger partial charge on any atom is 0.274 e. The maximum atomic E-state index is 13.1. The fourth-order valence-electron chi connectivity index (χ4n) is 2.60. The summed E-state index contributed by atoms with van der Waals surface area (Å²) in [6.45, 7) is 1.10. The van der Waals surface area contributed by atoms with Gasteiger partial charge in [0, 0.05) is 45.6 Å². The molecule has 2 aliphatic heterocycles. The number of rotatable bonds is 1. The van der Waals surface area contributed by atoms with E-state index in [1.807, 2.05) is 0 Å². The van der Waals surface area contributed by atoms with Crippen LogP contribution in [0.1, 0.15) is 33.8 Å². The van der Waals surface area contributed by atoms with Gasteiger partial charge in [-0.15, -0.1) is 0 Å². The molecule has 2 aliphatic rings. The highest BCUT2D eigenvalue weighted by Gasteiger charge is 2.36. The highest BCUT2D eigenvalue weighted by molar-refractivity contribution is 5.98. The van der Waals surface area contributed by atoms with E-state index in [1.165, 1.54) is 15.6 Å². The van der Waals surface area contributed by atoms with Crippen molar-refractivity contribution in [2.75, 3.05) is 26.7 Å². The summed E-state index contributed by atoms with van der Waals surface area (Å²) in [7, 11) is 1.69. The number of fused-ring (bicyclic) bond motifs is 1. The van der Waals surface area contributed by atoms with E-state index in [0.717, 1.165) is 0 Å². The lowest BCUT2D eigenvalue weighted by Crippen LogP contribution is -2.42. The predicted octanol–water partition coefficient (Wildman–Crippen LogP) is 0.840. The SMILES string of the molecule is CN1CCn2nc(C(=O)N3CCC(F)(F)CC3)cc2C1=O. The summed E-state index contributed by atoms with van der Waals surface area (Å²) < 4.78 is 27.7. The number of alkyl halides is 2. The van der Waals surface area contributed by atoms with Gasteiger partial charge in [0.25, 0.3) is 17.7 Å². The molecule has 2 amide bonds. The van der Waals surface area contributed by atoms with E-state index < -0.39 is 5.92 Å². The number of nitrogens with zero attached hydrogens (tertiary/aromatic N) is 4. The Kier molecular flexibility index (Phi) is 3.18. The molecule has 21 heavy (non-hydrogen) atoms. The highest BCUT2D eigenvalue weighted by Crippen LogP contribution is 2.28. The first-order chi connectivity index (χ1) is 9.87. The van der Waals surface area contributed by atoms with Crippen LogP contribution < -0.4 is 0 Å². The third-order valence-corrected chi connectivity index (χ3v) is 3.99. The molecule has 0 radical (unpaired) electrons. The minimum Gasteiger partial charge on any atom is -0.339 e. The van der Waals surface area contributed by atoms with Crippen LogP contribution in [-0.2, 0) is 6.54 Å². The Hall–Kier alpha value is -1.99. The van der Waals surface area contributed by atoms with Gasteiger partial charge in [-0.2, -0.15) is 5.10 Å². The first-order valence-corrected chi connectivity index (χ1v) is 6.88. The summed E-state index contributed by atoms with van der Waals surface area (Å²) in [5.74, 6) is -3.26. The van der Waals surface area contributed by atoms with Crippen LogP contribution in [0.3, 0.4) is 0 Å². The molecule has 3 rings (SSSR count). The predicted molar refractivity (Wildman–Crippen MR) is 69.3 cm³/mol. The van der Waals surface area contributed by atoms with Gasteiger partial charge in [0.2, 0.25) is 0 Å². The van der Waals surface area contributed by atoms with E-state index in [9.17, 15) is 18.4 Å². The van der Waals surface area contributed by atoms with Crippen molar-refractivity contribution in [3.8, 4) is 0 Å². The second-order valence-electron chi connectivity index (χ2n) is 5.51. The van der Waals surface area contributed by atoms with Crippen LogP contribution in [0.2, 0.25) is 0 Å². The Bertz CT molecular complexity index is 589. The van der Waals surface area contributed by atoms with Gasteiger partial charge in [-0.3, -0.25) is 14.3 Å². The molecule has 1 aromatic rings. The third-order valence-electron chi connectivity index (χ3n) is 3.99. The minimum atomic E-state index is -2.69. The van der Waals surface area contributed by atoms with Gasteiger partial charge in [-0.25, -0.2) is 8.78 Å². The van der Waals surface area contributed by atoms with Gasteiger partial charge in [0.1, 0.15) is 5.69 Å². The second kappa shape index (κ2) is 4.78. The Balaban J connectivity index is 1.78. The number of likely N-dealkylation sites (tertiary alicyclic amines) is 1. The second-order valence-corrected chi connectivity index (χ2v) is 5.51. The Labute approximate surface area is 120 Å². The smallest absolute Gasteiger partial charge is 0.274 e. The van der Waals surface area contributed by atoms with Crippen molar-refractivity contribution in [1.82, 2.24) is 19.6 Å². The largest absolute Gasteiger partial charge is 0.339 e. The van der Waals surface area contributed by atoms with E-state index in [4.69, 9.17) is 0 Å². The van der Waals surface area contributed by atoms with E-state index in [2.05, 4.69) is 5.10 Å². The molecular weight excluding hydrogens is 282 g/mol. The van der Waals surface area contributed by atoms with Gasteiger partial charge in [-0.1, -0.05) is 0 Å². The zero-order chi connectivity index (χ0) is 15.2. The lowest BCUT2D eigenvalue weighted by molar-refractivity contribution is -0.0495. The molecule has 1 fully saturated rings. The minimum absolute atomic E-state index is 0.0157. The summed E-state index contributed by atoms with van der Waals surface area (Å²) >= 11 is 0. The number of halogens is 2. The normalized spacial score (nSPS) is 21.4. The number of piperidine rings is 1. The van der Waals surface area contributed by atoms with Crippen molar-refractivity contribution < 1.29 is 18.4 Å². The summed E-state index contributed by atoms with van der Waals surface area (Å²) in [6.07, 6.45) is -0.651. The lowest BCUT2D eigenvalue weighted by Gasteiger charge is -2.31. The number of hydrogen-bond acceptors (Lipinski definition) is 3. The molecule has 0 spiro atoms. The average Bonchev–Trinajstić information content (AvgIpc) is 2.87. The Morgan fingerprint density at radius 1 is 1.24 bits per heavy atom. The molecule has 8 heteroatoms. The zero-order valence-corrected chi connectivity index (χ0v) is 11.7. The van der Waals surface area contributed by atoms with Crippen molar-refractivity contribution in [2.24, 2.45) is 0 Å². The van der Waals surface area contributed by atoms with Crippen LogP contribution in [0.15, 0.2) is 6.07 Å². The molecule has 0 unspecified atom stereocenters. The molecule has 0 bridgehead atoms. The van der Waals surface area contributed by atoms with Crippen LogP contribution in [-0.4, -0.2) is 64.0 Å². The van der Waals surface area contributed by atoms with Crippen molar-refractivity contribution in [1.29, 1.82) is 0 Å². The number of carbonyl (C=O) groups excluding carboxylic acids is 2. The van der Waals surface area contributed by atoms with Gasteiger partial charge < -0.3 is 9.80 Å². The van der Waals surface area contributed by atoms with Crippen molar-refractivity contribution in [2.45, 2.75) is 25.3 Å². The van der Waals surface area contributed by atoms with Crippen molar-refractivity contribution >= 4 is 11.8 Å². The molecule has 3 heterocycles. The lowest BCUT2D eigenvalue weighted by atomic mass is 10.1. The van der Waals surface area contributed by atoms with E-state index in [0.29, 0.717) is 18.8 Å². The van der Waals surface area contributed by atoms with Crippen LogP contribution in [0.4, 0.5) is 8.78 Å². The van der Waals surface area contributed by atoms with Gasteiger partial charge >= 0.3 is 0 Å². The van der Waals surface area contributed by atoms with Gasteiger partial charge in [-0.05, 0) is 0 Å². The van der Waals surface area contributed by atoms with Crippen LogP contribution in [0.5, 0.6) is 0 Å². The standard InChI is InChI=1S/C13H16F2N4O2/c1-17-6-7-19-10(12(17)21)8-9(16-19)11(20)18-4-2-13(14,15)3-5-18/h8H,2-7H2,1H3. The number of hydrogen-bond donors (Lipinski definition) is 0.